The molecule has 0 fully saturated rings. The third kappa shape index (κ3) is 2.05. The fourth-order valence-corrected chi connectivity index (χ4v) is 3.33. The first-order valence-electron chi connectivity index (χ1n) is 5.85. The van der Waals surface area contributed by atoms with E-state index in [1.807, 2.05) is 43.5 Å². The van der Waals surface area contributed by atoms with Crippen LogP contribution in [-0.2, 0) is 0 Å². The molecule has 0 unspecified atom stereocenters. The number of benzene rings is 1. The van der Waals surface area contributed by atoms with Gasteiger partial charge in [0.05, 0.1) is 4.88 Å². The summed E-state index contributed by atoms with van der Waals surface area (Å²) in [6.07, 6.45) is 0. The van der Waals surface area contributed by atoms with Crippen molar-refractivity contribution in [3.05, 3.63) is 55.9 Å². The van der Waals surface area contributed by atoms with E-state index in [0.29, 0.717) is 5.76 Å². The van der Waals surface area contributed by atoms with Crippen LogP contribution >= 0.6 is 27.3 Å². The van der Waals surface area contributed by atoms with Crippen LogP contribution in [-0.4, -0.2) is 5.78 Å². The fraction of sp³-hybridized carbons (Fsp3) is 0.133. The summed E-state index contributed by atoms with van der Waals surface area (Å²) < 4.78 is 6.69. The number of halogens is 1. The topological polar surface area (TPSA) is 30.2 Å². The minimum atomic E-state index is -0.0303. The Morgan fingerprint density at radius 3 is 2.74 bits per heavy atom. The third-order valence-electron chi connectivity index (χ3n) is 3.17. The van der Waals surface area contributed by atoms with Gasteiger partial charge in [-0.05, 0) is 49.1 Å². The Kier molecular flexibility index (Phi) is 3.07. The van der Waals surface area contributed by atoms with Crippen LogP contribution in [0.1, 0.15) is 26.6 Å². The highest BCUT2D eigenvalue weighted by Crippen LogP contribution is 2.30. The standard InChI is InChI=1S/C15H11BrO2S/c1-8-5-6-19-15(8)13(17)14-9(2)11-4-3-10(16)7-12(11)18-14/h3-7H,1-2H3. The van der Waals surface area contributed by atoms with Gasteiger partial charge in [0.15, 0.2) is 5.76 Å². The molecule has 0 N–H and O–H groups in total. The maximum absolute atomic E-state index is 12.5. The Balaban J connectivity index is 2.18. The summed E-state index contributed by atoms with van der Waals surface area (Å²) >= 11 is 4.87. The monoisotopic (exact) mass is 334 g/mol. The lowest BCUT2D eigenvalue weighted by molar-refractivity contribution is 0.101. The van der Waals surface area contributed by atoms with E-state index >= 15 is 0 Å². The van der Waals surface area contributed by atoms with E-state index in [1.54, 1.807) is 0 Å². The molecule has 0 spiro atoms. The van der Waals surface area contributed by atoms with Crippen molar-refractivity contribution in [2.45, 2.75) is 13.8 Å². The number of hydrogen-bond donors (Lipinski definition) is 0. The van der Waals surface area contributed by atoms with E-state index in [0.717, 1.165) is 31.4 Å². The Bertz CT molecular complexity index is 783. The highest BCUT2D eigenvalue weighted by molar-refractivity contribution is 9.10. The number of ketones is 1. The van der Waals surface area contributed by atoms with Crippen molar-refractivity contribution in [3.8, 4) is 0 Å². The zero-order chi connectivity index (χ0) is 13.6. The van der Waals surface area contributed by atoms with Crippen LogP contribution in [0, 0.1) is 13.8 Å². The van der Waals surface area contributed by atoms with Gasteiger partial charge < -0.3 is 4.42 Å². The number of aryl methyl sites for hydroxylation is 2. The molecule has 3 aromatic rings. The van der Waals surface area contributed by atoms with Gasteiger partial charge in [-0.3, -0.25) is 4.79 Å². The number of hydrogen-bond acceptors (Lipinski definition) is 3. The Morgan fingerprint density at radius 1 is 1.26 bits per heavy atom. The summed E-state index contributed by atoms with van der Waals surface area (Å²) in [6.45, 7) is 3.87. The van der Waals surface area contributed by atoms with E-state index in [9.17, 15) is 4.79 Å². The summed E-state index contributed by atoms with van der Waals surface area (Å²) in [5.74, 6) is 0.413. The SMILES string of the molecule is Cc1ccsc1C(=O)c1oc2cc(Br)ccc2c1C. The third-order valence-corrected chi connectivity index (χ3v) is 4.68. The van der Waals surface area contributed by atoms with Crippen LogP contribution in [0.4, 0.5) is 0 Å². The van der Waals surface area contributed by atoms with Crippen molar-refractivity contribution >= 4 is 44.0 Å². The predicted molar refractivity (Wildman–Crippen MR) is 81.1 cm³/mol. The summed E-state index contributed by atoms with van der Waals surface area (Å²) in [4.78, 5) is 13.3. The van der Waals surface area contributed by atoms with Crippen LogP contribution < -0.4 is 0 Å². The Labute approximate surface area is 123 Å². The first-order chi connectivity index (χ1) is 9.08. The van der Waals surface area contributed by atoms with Crippen LogP contribution in [0.3, 0.4) is 0 Å². The smallest absolute Gasteiger partial charge is 0.238 e. The van der Waals surface area contributed by atoms with E-state index < -0.39 is 0 Å². The number of furan rings is 1. The molecule has 0 aliphatic carbocycles. The number of rotatable bonds is 2. The maximum Gasteiger partial charge on any atom is 0.238 e. The predicted octanol–water partition coefficient (Wildman–Crippen LogP) is 5.10. The number of carbonyl (C=O) groups excluding carboxylic acids is 1. The molecule has 0 bridgehead atoms. The lowest BCUT2D eigenvalue weighted by Gasteiger charge is -1.97. The Hall–Kier alpha value is -1.39. The van der Waals surface area contributed by atoms with Crippen LogP contribution in [0.5, 0.6) is 0 Å². The Morgan fingerprint density at radius 2 is 2.05 bits per heavy atom. The van der Waals surface area contributed by atoms with Crippen molar-refractivity contribution in [1.29, 1.82) is 0 Å². The van der Waals surface area contributed by atoms with Crippen molar-refractivity contribution in [2.75, 3.05) is 0 Å². The number of thiophene rings is 1. The molecule has 0 amide bonds. The minimum absolute atomic E-state index is 0.0303. The molecule has 19 heavy (non-hydrogen) atoms. The lowest BCUT2D eigenvalue weighted by atomic mass is 10.1. The maximum atomic E-state index is 12.5. The van der Waals surface area contributed by atoms with Gasteiger partial charge in [-0.1, -0.05) is 15.9 Å². The zero-order valence-electron chi connectivity index (χ0n) is 10.5. The summed E-state index contributed by atoms with van der Waals surface area (Å²) in [6, 6.07) is 7.76. The second-order valence-electron chi connectivity index (χ2n) is 4.46. The molecular weight excluding hydrogens is 324 g/mol. The molecule has 3 rings (SSSR count). The largest absolute Gasteiger partial charge is 0.452 e. The molecule has 0 saturated carbocycles. The molecule has 0 saturated heterocycles. The van der Waals surface area contributed by atoms with E-state index in [1.165, 1.54) is 11.3 Å². The van der Waals surface area contributed by atoms with E-state index in [4.69, 9.17) is 4.42 Å². The van der Waals surface area contributed by atoms with Crippen LogP contribution in [0.15, 0.2) is 38.5 Å². The highest BCUT2D eigenvalue weighted by Gasteiger charge is 2.21. The van der Waals surface area contributed by atoms with Gasteiger partial charge in [0.1, 0.15) is 5.58 Å². The van der Waals surface area contributed by atoms with Crippen molar-refractivity contribution in [3.63, 3.8) is 0 Å². The molecule has 2 aromatic heterocycles. The molecule has 1 aromatic carbocycles. The van der Waals surface area contributed by atoms with Crippen molar-refractivity contribution in [1.82, 2.24) is 0 Å². The van der Waals surface area contributed by atoms with Gasteiger partial charge >= 0.3 is 0 Å². The van der Waals surface area contributed by atoms with Gasteiger partial charge in [0.25, 0.3) is 0 Å². The first-order valence-corrected chi connectivity index (χ1v) is 7.52. The van der Waals surface area contributed by atoms with Gasteiger partial charge in [-0.2, -0.15) is 0 Å². The van der Waals surface area contributed by atoms with Crippen LogP contribution in [0.25, 0.3) is 11.0 Å². The second-order valence-corrected chi connectivity index (χ2v) is 6.29. The van der Waals surface area contributed by atoms with Crippen molar-refractivity contribution < 1.29 is 9.21 Å². The summed E-state index contributed by atoms with van der Waals surface area (Å²) in [5, 5.41) is 2.91. The first kappa shape index (κ1) is 12.6. The minimum Gasteiger partial charge on any atom is -0.452 e. The average Bonchev–Trinajstić information content (AvgIpc) is 2.93. The number of carbonyl (C=O) groups is 1. The van der Waals surface area contributed by atoms with E-state index in [2.05, 4.69) is 15.9 Å². The average molecular weight is 335 g/mol. The molecule has 0 radical (unpaired) electrons. The quantitative estimate of drug-likeness (QED) is 0.610. The van der Waals surface area contributed by atoms with Gasteiger partial charge in [-0.15, -0.1) is 11.3 Å². The van der Waals surface area contributed by atoms with Gasteiger partial charge in [0.2, 0.25) is 5.78 Å². The van der Waals surface area contributed by atoms with Crippen LogP contribution in [0.2, 0.25) is 0 Å². The molecule has 0 atom stereocenters. The second kappa shape index (κ2) is 4.62. The summed E-state index contributed by atoms with van der Waals surface area (Å²) in [7, 11) is 0. The molecule has 2 heterocycles. The number of fused-ring (bicyclic) bond motifs is 1. The fourth-order valence-electron chi connectivity index (χ4n) is 2.12. The zero-order valence-corrected chi connectivity index (χ0v) is 12.9. The van der Waals surface area contributed by atoms with Crippen molar-refractivity contribution in [2.24, 2.45) is 0 Å². The molecule has 4 heteroatoms. The highest BCUT2D eigenvalue weighted by atomic mass is 79.9. The summed E-state index contributed by atoms with van der Waals surface area (Å²) in [5.41, 5.74) is 2.64. The lowest BCUT2D eigenvalue weighted by Crippen LogP contribution is -2.00. The van der Waals surface area contributed by atoms with E-state index in [-0.39, 0.29) is 5.78 Å². The molecule has 0 aliphatic rings. The van der Waals surface area contributed by atoms with Gasteiger partial charge in [-0.25, -0.2) is 0 Å². The molecular formula is C15H11BrO2S. The molecule has 96 valence electrons. The molecule has 2 nitrogen and oxygen atoms in total. The van der Waals surface area contributed by atoms with Gasteiger partial charge in [0, 0.05) is 15.4 Å². The normalized spacial score (nSPS) is 11.1. The molecule has 0 aliphatic heterocycles.